The molecule has 1 amide bonds. The number of benzene rings is 2. The summed E-state index contributed by atoms with van der Waals surface area (Å²) in [5.41, 5.74) is 3.05. The average molecular weight is 375 g/mol. The summed E-state index contributed by atoms with van der Waals surface area (Å²) in [5.74, 6) is 0.630. The van der Waals surface area contributed by atoms with Crippen LogP contribution in [0.3, 0.4) is 0 Å². The van der Waals surface area contributed by atoms with Crippen LogP contribution in [0.25, 0.3) is 5.69 Å². The van der Waals surface area contributed by atoms with E-state index in [1.807, 2.05) is 24.3 Å². The Balaban J connectivity index is 1.21. The Labute approximate surface area is 165 Å². The summed E-state index contributed by atoms with van der Waals surface area (Å²) in [4.78, 5) is 14.8. The lowest BCUT2D eigenvalue weighted by atomic mass is 9.89. The molecule has 2 aromatic carbocycles. The van der Waals surface area contributed by atoms with E-state index in [1.165, 1.54) is 18.4 Å². The summed E-state index contributed by atoms with van der Waals surface area (Å²) in [6, 6.07) is 18.2. The van der Waals surface area contributed by atoms with Crippen LogP contribution in [0, 0.1) is 0 Å². The Morgan fingerprint density at radius 3 is 2.32 bits per heavy atom. The Kier molecular flexibility index (Phi) is 5.77. The number of likely N-dealkylation sites (tertiary alicyclic amines) is 1. The first-order valence-corrected chi connectivity index (χ1v) is 9.80. The number of nitrogens with zero attached hydrogens (tertiary/aromatic N) is 4. The molecule has 0 aliphatic carbocycles. The van der Waals surface area contributed by atoms with Crippen LogP contribution in [0.2, 0.25) is 0 Å². The van der Waals surface area contributed by atoms with Crippen LogP contribution in [0.15, 0.2) is 67.3 Å². The molecule has 1 aromatic heterocycles. The van der Waals surface area contributed by atoms with Gasteiger partial charge in [-0.05, 0) is 61.7 Å². The van der Waals surface area contributed by atoms with Gasteiger partial charge in [0.2, 0.25) is 0 Å². The quantitative estimate of drug-likeness (QED) is 0.720. The number of carbonyl (C=O) groups is 1. The predicted molar refractivity (Wildman–Crippen MR) is 109 cm³/mol. The molecule has 6 nitrogen and oxygen atoms in total. The fourth-order valence-corrected chi connectivity index (χ4v) is 3.76. The van der Waals surface area contributed by atoms with Gasteiger partial charge in [0, 0.05) is 24.3 Å². The molecule has 0 atom stereocenters. The van der Waals surface area contributed by atoms with E-state index in [1.54, 1.807) is 17.2 Å². The number of hydrogen-bond donors (Lipinski definition) is 1. The second-order valence-electron chi connectivity index (χ2n) is 7.20. The minimum absolute atomic E-state index is 0.0329. The third kappa shape index (κ3) is 4.46. The largest absolute Gasteiger partial charge is 0.351 e. The molecule has 0 bridgehead atoms. The van der Waals surface area contributed by atoms with Gasteiger partial charge in [-0.2, -0.15) is 0 Å². The molecule has 1 saturated heterocycles. The molecule has 144 valence electrons. The molecule has 0 spiro atoms. The van der Waals surface area contributed by atoms with Crippen molar-refractivity contribution in [1.82, 2.24) is 25.0 Å². The minimum atomic E-state index is -0.0329. The molecule has 0 unspecified atom stereocenters. The van der Waals surface area contributed by atoms with E-state index in [4.69, 9.17) is 0 Å². The van der Waals surface area contributed by atoms with E-state index < -0.39 is 0 Å². The zero-order chi connectivity index (χ0) is 19.2. The molecular weight excluding hydrogens is 350 g/mol. The highest BCUT2D eigenvalue weighted by atomic mass is 16.1. The maximum atomic E-state index is 12.4. The van der Waals surface area contributed by atoms with Crippen LogP contribution in [0.4, 0.5) is 0 Å². The monoisotopic (exact) mass is 375 g/mol. The SMILES string of the molecule is O=C(NCCN1CCC(c2ccccc2)CC1)c1ccc(-n2cnnc2)cc1. The average Bonchev–Trinajstić information content (AvgIpc) is 3.30. The zero-order valence-electron chi connectivity index (χ0n) is 15.9. The van der Waals surface area contributed by atoms with Gasteiger partial charge in [0.1, 0.15) is 12.7 Å². The maximum absolute atomic E-state index is 12.4. The van der Waals surface area contributed by atoms with Crippen molar-refractivity contribution in [1.29, 1.82) is 0 Å². The van der Waals surface area contributed by atoms with Gasteiger partial charge in [-0.1, -0.05) is 30.3 Å². The summed E-state index contributed by atoms with van der Waals surface area (Å²) in [5, 5.41) is 10.6. The van der Waals surface area contributed by atoms with Gasteiger partial charge < -0.3 is 10.2 Å². The number of rotatable bonds is 6. The fraction of sp³-hybridized carbons (Fsp3) is 0.318. The van der Waals surface area contributed by atoms with Crippen molar-refractivity contribution in [3.05, 3.63) is 78.4 Å². The molecule has 4 rings (SSSR count). The second-order valence-corrected chi connectivity index (χ2v) is 7.20. The molecule has 1 aliphatic heterocycles. The van der Waals surface area contributed by atoms with Gasteiger partial charge >= 0.3 is 0 Å². The van der Waals surface area contributed by atoms with Crippen molar-refractivity contribution in [2.45, 2.75) is 18.8 Å². The standard InChI is InChI=1S/C22H25N5O/c28-22(20-6-8-21(9-7-20)27-16-24-25-17-27)23-12-15-26-13-10-19(11-14-26)18-4-2-1-3-5-18/h1-9,16-17,19H,10-15H2,(H,23,28). The number of carbonyl (C=O) groups excluding carboxylic acids is 1. The van der Waals surface area contributed by atoms with Crippen molar-refractivity contribution in [2.24, 2.45) is 0 Å². The lowest BCUT2D eigenvalue weighted by molar-refractivity contribution is 0.0946. The molecule has 2 heterocycles. The topological polar surface area (TPSA) is 63.1 Å². The molecule has 0 saturated carbocycles. The van der Waals surface area contributed by atoms with Gasteiger partial charge in [0.25, 0.3) is 5.91 Å². The molecule has 28 heavy (non-hydrogen) atoms. The van der Waals surface area contributed by atoms with E-state index in [-0.39, 0.29) is 5.91 Å². The number of nitrogens with one attached hydrogen (secondary N) is 1. The number of aromatic nitrogens is 3. The third-order valence-electron chi connectivity index (χ3n) is 5.42. The minimum Gasteiger partial charge on any atom is -0.351 e. The van der Waals surface area contributed by atoms with Crippen LogP contribution >= 0.6 is 0 Å². The molecule has 1 aliphatic rings. The molecule has 1 N–H and O–H groups in total. The second kappa shape index (κ2) is 8.80. The van der Waals surface area contributed by atoms with Crippen molar-refractivity contribution in [3.8, 4) is 5.69 Å². The van der Waals surface area contributed by atoms with Crippen LogP contribution in [-0.4, -0.2) is 51.8 Å². The number of hydrogen-bond acceptors (Lipinski definition) is 4. The molecule has 1 fully saturated rings. The first kappa shape index (κ1) is 18.4. The molecule has 3 aromatic rings. The van der Waals surface area contributed by atoms with E-state index in [9.17, 15) is 4.79 Å². The van der Waals surface area contributed by atoms with Crippen LogP contribution < -0.4 is 5.32 Å². The maximum Gasteiger partial charge on any atom is 0.251 e. The van der Waals surface area contributed by atoms with Gasteiger partial charge in [0.15, 0.2) is 0 Å². The molecule has 0 radical (unpaired) electrons. The lowest BCUT2D eigenvalue weighted by Gasteiger charge is -2.32. The van der Waals surface area contributed by atoms with E-state index in [0.717, 1.165) is 25.3 Å². The zero-order valence-corrected chi connectivity index (χ0v) is 15.9. The van der Waals surface area contributed by atoms with Crippen molar-refractivity contribution in [2.75, 3.05) is 26.2 Å². The third-order valence-corrected chi connectivity index (χ3v) is 5.42. The van der Waals surface area contributed by atoms with E-state index in [2.05, 4.69) is 50.7 Å². The highest BCUT2D eigenvalue weighted by molar-refractivity contribution is 5.94. The summed E-state index contributed by atoms with van der Waals surface area (Å²) in [6.07, 6.45) is 5.64. The molecule has 6 heteroatoms. The summed E-state index contributed by atoms with van der Waals surface area (Å²) < 4.78 is 1.81. The van der Waals surface area contributed by atoms with Crippen LogP contribution in [-0.2, 0) is 0 Å². The highest BCUT2D eigenvalue weighted by Crippen LogP contribution is 2.27. The first-order chi connectivity index (χ1) is 13.8. The number of piperidine rings is 1. The number of amides is 1. The van der Waals surface area contributed by atoms with E-state index >= 15 is 0 Å². The first-order valence-electron chi connectivity index (χ1n) is 9.80. The van der Waals surface area contributed by atoms with Crippen molar-refractivity contribution < 1.29 is 4.79 Å². The van der Waals surface area contributed by atoms with E-state index in [0.29, 0.717) is 18.0 Å². The Morgan fingerprint density at radius 2 is 1.64 bits per heavy atom. The van der Waals surface area contributed by atoms with Gasteiger partial charge in [0.05, 0.1) is 0 Å². The van der Waals surface area contributed by atoms with Gasteiger partial charge in [-0.25, -0.2) is 0 Å². The molecular formula is C22H25N5O. The normalized spacial score (nSPS) is 15.4. The Morgan fingerprint density at radius 1 is 0.964 bits per heavy atom. The summed E-state index contributed by atoms with van der Waals surface area (Å²) in [7, 11) is 0. The fourth-order valence-electron chi connectivity index (χ4n) is 3.76. The van der Waals surface area contributed by atoms with Crippen molar-refractivity contribution >= 4 is 5.91 Å². The Hall–Kier alpha value is -2.99. The lowest BCUT2D eigenvalue weighted by Crippen LogP contribution is -2.39. The highest BCUT2D eigenvalue weighted by Gasteiger charge is 2.20. The smallest absolute Gasteiger partial charge is 0.251 e. The Bertz CT molecular complexity index is 869. The summed E-state index contributed by atoms with van der Waals surface area (Å²) in [6.45, 7) is 3.74. The van der Waals surface area contributed by atoms with Gasteiger partial charge in [-0.3, -0.25) is 9.36 Å². The van der Waals surface area contributed by atoms with Crippen LogP contribution in [0.1, 0.15) is 34.7 Å². The van der Waals surface area contributed by atoms with Gasteiger partial charge in [-0.15, -0.1) is 10.2 Å². The van der Waals surface area contributed by atoms with Crippen LogP contribution in [0.5, 0.6) is 0 Å². The summed E-state index contributed by atoms with van der Waals surface area (Å²) >= 11 is 0. The van der Waals surface area contributed by atoms with Crippen molar-refractivity contribution in [3.63, 3.8) is 0 Å². The predicted octanol–water partition coefficient (Wildman–Crippen LogP) is 2.88.